The largest absolute Gasteiger partial charge is 0.497 e. The first-order valence-electron chi connectivity index (χ1n) is 7.87. The second-order valence-corrected chi connectivity index (χ2v) is 6.21. The van der Waals surface area contributed by atoms with Crippen molar-refractivity contribution in [1.82, 2.24) is 10.1 Å². The SMILES string of the molecule is CCOC(=O)c1cc(C(=O)c2sc(Nc3ccc(OC)cc3)nc2N)on1. The van der Waals surface area contributed by atoms with Crippen LogP contribution in [0.5, 0.6) is 5.75 Å². The zero-order chi connectivity index (χ0) is 19.4. The summed E-state index contributed by atoms with van der Waals surface area (Å²) in [5.74, 6) is -0.535. The molecular formula is C17H16N4O5S. The second-order valence-electron chi connectivity index (χ2n) is 5.21. The number of aromatic nitrogens is 2. The van der Waals surface area contributed by atoms with Crippen molar-refractivity contribution in [1.29, 1.82) is 0 Å². The van der Waals surface area contributed by atoms with Gasteiger partial charge in [0.2, 0.25) is 11.5 Å². The number of anilines is 3. The lowest BCUT2D eigenvalue weighted by Crippen LogP contribution is -2.05. The maximum absolute atomic E-state index is 12.6. The van der Waals surface area contributed by atoms with Gasteiger partial charge in [-0.05, 0) is 31.2 Å². The normalized spacial score (nSPS) is 10.4. The number of rotatable bonds is 7. The summed E-state index contributed by atoms with van der Waals surface area (Å²) in [6, 6.07) is 8.41. The molecule has 0 saturated heterocycles. The predicted molar refractivity (Wildman–Crippen MR) is 98.7 cm³/mol. The van der Waals surface area contributed by atoms with E-state index in [-0.39, 0.29) is 28.8 Å². The van der Waals surface area contributed by atoms with Crippen LogP contribution in [-0.2, 0) is 4.74 Å². The molecule has 0 aliphatic heterocycles. The minimum atomic E-state index is -0.667. The monoisotopic (exact) mass is 388 g/mol. The van der Waals surface area contributed by atoms with Crippen molar-refractivity contribution >= 4 is 39.7 Å². The second kappa shape index (κ2) is 7.87. The molecule has 0 atom stereocenters. The fourth-order valence-corrected chi connectivity index (χ4v) is 2.99. The molecule has 3 N–H and O–H groups in total. The minimum Gasteiger partial charge on any atom is -0.497 e. The minimum absolute atomic E-state index is 0.0510. The fraction of sp³-hybridized carbons (Fsp3) is 0.176. The van der Waals surface area contributed by atoms with E-state index in [9.17, 15) is 9.59 Å². The molecule has 27 heavy (non-hydrogen) atoms. The highest BCUT2D eigenvalue weighted by atomic mass is 32.1. The Labute approximate surface area is 158 Å². The maximum atomic E-state index is 12.6. The molecule has 1 aromatic carbocycles. The number of carbonyl (C=O) groups is 2. The van der Waals surface area contributed by atoms with Gasteiger partial charge in [-0.1, -0.05) is 16.5 Å². The Bertz CT molecular complexity index is 964. The van der Waals surface area contributed by atoms with Gasteiger partial charge in [-0.3, -0.25) is 4.79 Å². The Hall–Kier alpha value is -3.40. The van der Waals surface area contributed by atoms with Crippen LogP contribution >= 0.6 is 11.3 Å². The third-order valence-electron chi connectivity index (χ3n) is 3.42. The van der Waals surface area contributed by atoms with Crippen molar-refractivity contribution < 1.29 is 23.6 Å². The van der Waals surface area contributed by atoms with Crippen LogP contribution < -0.4 is 15.8 Å². The molecule has 0 bridgehead atoms. The summed E-state index contributed by atoms with van der Waals surface area (Å²) in [5.41, 5.74) is 6.53. The topological polar surface area (TPSA) is 130 Å². The van der Waals surface area contributed by atoms with Crippen molar-refractivity contribution in [3.8, 4) is 5.75 Å². The first kappa shape index (κ1) is 18.4. The Kier molecular flexibility index (Phi) is 5.36. The molecule has 3 rings (SSSR count). The molecule has 0 spiro atoms. The highest BCUT2D eigenvalue weighted by Gasteiger charge is 2.24. The Morgan fingerprint density at radius 3 is 2.70 bits per heavy atom. The van der Waals surface area contributed by atoms with Crippen molar-refractivity contribution in [3.63, 3.8) is 0 Å². The van der Waals surface area contributed by atoms with Gasteiger partial charge in [0.05, 0.1) is 13.7 Å². The smallest absolute Gasteiger partial charge is 0.360 e. The standard InChI is InChI=1S/C17H16N4O5S/c1-3-25-16(23)11-8-12(26-21-11)13(22)14-15(18)20-17(27-14)19-9-4-6-10(24-2)7-5-9/h4-8H,3,18H2,1-2H3,(H,19,20). The molecule has 3 aromatic rings. The predicted octanol–water partition coefficient (Wildman–Crippen LogP) is 2.87. The molecule has 10 heteroatoms. The molecule has 2 heterocycles. The number of methoxy groups -OCH3 is 1. The summed E-state index contributed by atoms with van der Waals surface area (Å²) in [4.78, 5) is 28.5. The Balaban J connectivity index is 1.77. The molecule has 0 aliphatic rings. The number of ether oxygens (including phenoxy) is 2. The van der Waals surface area contributed by atoms with E-state index in [1.54, 1.807) is 38.3 Å². The number of nitrogens with one attached hydrogen (secondary N) is 1. The number of hydrogen-bond acceptors (Lipinski definition) is 10. The van der Waals surface area contributed by atoms with Gasteiger partial charge in [-0.2, -0.15) is 0 Å². The average Bonchev–Trinajstić information content (AvgIpc) is 3.29. The maximum Gasteiger partial charge on any atom is 0.360 e. The van der Waals surface area contributed by atoms with Gasteiger partial charge < -0.3 is 25.0 Å². The fourth-order valence-electron chi connectivity index (χ4n) is 2.14. The molecular weight excluding hydrogens is 372 g/mol. The summed E-state index contributed by atoms with van der Waals surface area (Å²) >= 11 is 1.06. The number of ketones is 1. The first-order valence-corrected chi connectivity index (χ1v) is 8.69. The summed E-state index contributed by atoms with van der Waals surface area (Å²) in [7, 11) is 1.58. The quantitative estimate of drug-likeness (QED) is 0.463. The summed E-state index contributed by atoms with van der Waals surface area (Å²) < 4.78 is 14.9. The van der Waals surface area contributed by atoms with Gasteiger partial charge in [0.15, 0.2) is 10.8 Å². The molecule has 0 saturated carbocycles. The molecule has 0 amide bonds. The van der Waals surface area contributed by atoms with Crippen LogP contribution in [0.1, 0.15) is 32.8 Å². The molecule has 140 valence electrons. The van der Waals surface area contributed by atoms with Crippen LogP contribution in [0.15, 0.2) is 34.9 Å². The lowest BCUT2D eigenvalue weighted by atomic mass is 10.2. The van der Waals surface area contributed by atoms with Crippen LogP contribution in [0, 0.1) is 0 Å². The third kappa shape index (κ3) is 4.06. The molecule has 0 fully saturated rings. The first-order chi connectivity index (χ1) is 13.0. The van der Waals surface area contributed by atoms with Crippen LogP contribution in [0.3, 0.4) is 0 Å². The van der Waals surface area contributed by atoms with Crippen LogP contribution in [0.2, 0.25) is 0 Å². The van der Waals surface area contributed by atoms with Crippen molar-refractivity contribution in [2.45, 2.75) is 6.92 Å². The van der Waals surface area contributed by atoms with Crippen LogP contribution in [0.4, 0.5) is 16.6 Å². The molecule has 2 aromatic heterocycles. The summed E-state index contributed by atoms with van der Waals surface area (Å²) in [6.07, 6.45) is 0. The zero-order valence-electron chi connectivity index (χ0n) is 14.5. The number of benzene rings is 1. The van der Waals surface area contributed by atoms with Gasteiger partial charge in [0.1, 0.15) is 16.4 Å². The van der Waals surface area contributed by atoms with E-state index in [4.69, 9.17) is 19.7 Å². The number of nitrogens with zero attached hydrogens (tertiary/aromatic N) is 2. The Morgan fingerprint density at radius 1 is 1.30 bits per heavy atom. The molecule has 0 unspecified atom stereocenters. The molecule has 0 radical (unpaired) electrons. The van der Waals surface area contributed by atoms with Gasteiger partial charge >= 0.3 is 5.97 Å². The summed E-state index contributed by atoms with van der Waals surface area (Å²) in [5, 5.41) is 7.05. The van der Waals surface area contributed by atoms with Crippen molar-refractivity contribution in [2.75, 3.05) is 24.8 Å². The van der Waals surface area contributed by atoms with Crippen LogP contribution in [0.25, 0.3) is 0 Å². The average molecular weight is 388 g/mol. The number of nitrogen functional groups attached to an aromatic ring is 1. The highest BCUT2D eigenvalue weighted by Crippen LogP contribution is 2.30. The number of nitrogens with two attached hydrogens (primary N) is 1. The van der Waals surface area contributed by atoms with Crippen molar-refractivity contribution in [2.24, 2.45) is 0 Å². The van der Waals surface area contributed by atoms with Gasteiger partial charge in [0.25, 0.3) is 0 Å². The zero-order valence-corrected chi connectivity index (χ0v) is 15.3. The Morgan fingerprint density at radius 2 is 2.04 bits per heavy atom. The van der Waals surface area contributed by atoms with E-state index in [0.717, 1.165) is 22.8 Å². The van der Waals surface area contributed by atoms with E-state index < -0.39 is 11.8 Å². The summed E-state index contributed by atoms with van der Waals surface area (Å²) in [6.45, 7) is 1.86. The number of hydrogen-bond donors (Lipinski definition) is 2. The number of thiazole rings is 1. The highest BCUT2D eigenvalue weighted by molar-refractivity contribution is 7.18. The van der Waals surface area contributed by atoms with Gasteiger partial charge in [-0.25, -0.2) is 9.78 Å². The van der Waals surface area contributed by atoms with E-state index in [1.165, 1.54) is 6.07 Å². The molecule has 9 nitrogen and oxygen atoms in total. The van der Waals surface area contributed by atoms with E-state index in [2.05, 4.69) is 15.5 Å². The van der Waals surface area contributed by atoms with Gasteiger partial charge in [-0.15, -0.1) is 0 Å². The van der Waals surface area contributed by atoms with E-state index >= 15 is 0 Å². The third-order valence-corrected chi connectivity index (χ3v) is 4.40. The van der Waals surface area contributed by atoms with E-state index in [0.29, 0.717) is 5.13 Å². The van der Waals surface area contributed by atoms with Crippen LogP contribution in [-0.4, -0.2) is 35.6 Å². The van der Waals surface area contributed by atoms with E-state index in [1.807, 2.05) is 0 Å². The van der Waals surface area contributed by atoms with Crippen molar-refractivity contribution in [3.05, 3.63) is 46.7 Å². The number of carbonyl (C=O) groups excluding carboxylic acids is 2. The lowest BCUT2D eigenvalue weighted by Gasteiger charge is -2.03. The van der Waals surface area contributed by atoms with Gasteiger partial charge in [0, 0.05) is 11.8 Å². The number of esters is 1. The lowest BCUT2D eigenvalue weighted by molar-refractivity contribution is 0.0514. The molecule has 0 aliphatic carbocycles.